The number of rotatable bonds is 9. The molecule has 1 unspecified atom stereocenters. The molecule has 0 aliphatic carbocycles. The van der Waals surface area contributed by atoms with Crippen molar-refractivity contribution in [2.45, 2.75) is 24.8 Å². The molecule has 33 heavy (non-hydrogen) atoms. The van der Waals surface area contributed by atoms with Crippen molar-refractivity contribution in [3.05, 3.63) is 77.9 Å². The van der Waals surface area contributed by atoms with Gasteiger partial charge in [-0.15, -0.1) is 11.8 Å². The molecule has 3 aromatic rings. The predicted molar refractivity (Wildman–Crippen MR) is 126 cm³/mol. The second kappa shape index (κ2) is 10.5. The van der Waals surface area contributed by atoms with Crippen LogP contribution in [-0.2, 0) is 11.3 Å². The zero-order valence-corrected chi connectivity index (χ0v) is 19.1. The van der Waals surface area contributed by atoms with Crippen molar-refractivity contribution in [1.29, 1.82) is 0 Å². The van der Waals surface area contributed by atoms with Gasteiger partial charge in [-0.3, -0.25) is 19.2 Å². The third-order valence-electron chi connectivity index (χ3n) is 5.36. The molecule has 1 aliphatic heterocycles. The maximum Gasteiger partial charge on any atom is 0.251 e. The third-order valence-corrected chi connectivity index (χ3v) is 6.57. The van der Waals surface area contributed by atoms with E-state index in [4.69, 9.17) is 4.74 Å². The molecular weight excluding hydrogens is 443 g/mol. The van der Waals surface area contributed by atoms with Gasteiger partial charge < -0.3 is 10.1 Å². The highest BCUT2D eigenvalue weighted by Gasteiger charge is 2.36. The van der Waals surface area contributed by atoms with E-state index in [1.165, 1.54) is 37.1 Å². The highest BCUT2D eigenvalue weighted by Crippen LogP contribution is 2.45. The Morgan fingerprint density at radius 3 is 2.91 bits per heavy atom. The second-order valence-electron chi connectivity index (χ2n) is 7.60. The van der Waals surface area contributed by atoms with E-state index in [1.54, 1.807) is 29.3 Å². The largest absolute Gasteiger partial charge is 0.495 e. The molecule has 2 aromatic carbocycles. The van der Waals surface area contributed by atoms with E-state index < -0.39 is 5.82 Å². The number of hydrogen-bond donors (Lipinski definition) is 1. The monoisotopic (exact) mass is 468 g/mol. The Bertz CT molecular complexity index is 1120. The highest BCUT2D eigenvalue weighted by molar-refractivity contribution is 8.00. The van der Waals surface area contributed by atoms with Gasteiger partial charge in [-0.2, -0.15) is 5.10 Å². The molecule has 1 aliphatic rings. The summed E-state index contributed by atoms with van der Waals surface area (Å²) in [6, 6.07) is 13.2. The van der Waals surface area contributed by atoms with Crippen LogP contribution in [0.15, 0.2) is 60.9 Å². The van der Waals surface area contributed by atoms with Gasteiger partial charge in [-0.25, -0.2) is 4.39 Å². The van der Waals surface area contributed by atoms with Gasteiger partial charge in [0.05, 0.1) is 18.6 Å². The maximum absolute atomic E-state index is 14.0. The van der Waals surface area contributed by atoms with Crippen molar-refractivity contribution >= 4 is 29.3 Å². The van der Waals surface area contributed by atoms with Crippen LogP contribution in [0.1, 0.15) is 34.1 Å². The summed E-state index contributed by atoms with van der Waals surface area (Å²) in [5.74, 6) is -0.0749. The Labute approximate surface area is 195 Å². The van der Waals surface area contributed by atoms with E-state index >= 15 is 0 Å². The molecule has 1 N–H and O–H groups in total. The van der Waals surface area contributed by atoms with Crippen LogP contribution in [0, 0.1) is 5.82 Å². The number of ether oxygens (including phenoxy) is 1. The molecule has 7 nitrogen and oxygen atoms in total. The van der Waals surface area contributed by atoms with Gasteiger partial charge >= 0.3 is 0 Å². The van der Waals surface area contributed by atoms with E-state index in [0.717, 1.165) is 24.9 Å². The summed E-state index contributed by atoms with van der Waals surface area (Å²) >= 11 is 1.43. The molecule has 9 heteroatoms. The number of methoxy groups -OCH3 is 1. The maximum atomic E-state index is 14.0. The molecular formula is C24H25FN4O3S. The van der Waals surface area contributed by atoms with Gasteiger partial charge in [0.15, 0.2) is 0 Å². The Hall–Kier alpha value is -3.33. The first-order chi connectivity index (χ1) is 16.1. The predicted octanol–water partition coefficient (Wildman–Crippen LogP) is 4.02. The van der Waals surface area contributed by atoms with Crippen molar-refractivity contribution in [3.63, 3.8) is 0 Å². The minimum Gasteiger partial charge on any atom is -0.495 e. The second-order valence-corrected chi connectivity index (χ2v) is 8.67. The fourth-order valence-electron chi connectivity index (χ4n) is 3.75. The molecule has 172 valence electrons. The van der Waals surface area contributed by atoms with Crippen LogP contribution in [0.2, 0.25) is 0 Å². The van der Waals surface area contributed by atoms with Gasteiger partial charge in [0.1, 0.15) is 16.9 Å². The molecule has 1 fully saturated rings. The molecule has 1 aromatic heterocycles. The molecule has 0 bridgehead atoms. The van der Waals surface area contributed by atoms with Crippen LogP contribution in [0.4, 0.5) is 10.1 Å². The van der Waals surface area contributed by atoms with Crippen LogP contribution in [0.3, 0.4) is 0 Å². The SMILES string of the molecule is COc1ccc(F)cc1N1C(=O)CSC1c1cccc(C(=O)NCCCCn2cccn2)c1. The number of carbonyl (C=O) groups is 2. The number of aryl methyl sites for hydroxylation is 1. The number of nitrogens with one attached hydrogen (secondary N) is 1. The first kappa shape index (κ1) is 22.8. The molecule has 0 spiro atoms. The summed E-state index contributed by atoms with van der Waals surface area (Å²) in [7, 11) is 1.49. The van der Waals surface area contributed by atoms with Gasteiger partial charge in [0, 0.05) is 37.1 Å². The Morgan fingerprint density at radius 2 is 2.12 bits per heavy atom. The number of anilines is 1. The van der Waals surface area contributed by atoms with Gasteiger partial charge in [-0.1, -0.05) is 12.1 Å². The Kier molecular flexibility index (Phi) is 7.29. The number of nitrogens with zero attached hydrogens (tertiary/aromatic N) is 3. The van der Waals surface area contributed by atoms with Crippen LogP contribution < -0.4 is 15.0 Å². The van der Waals surface area contributed by atoms with Crippen LogP contribution >= 0.6 is 11.8 Å². The number of unbranched alkanes of at least 4 members (excludes halogenated alkanes) is 1. The molecule has 0 saturated carbocycles. The number of benzene rings is 2. The normalized spacial score (nSPS) is 15.6. The van der Waals surface area contributed by atoms with Crippen molar-refractivity contribution in [1.82, 2.24) is 15.1 Å². The van der Waals surface area contributed by atoms with Gasteiger partial charge in [0.25, 0.3) is 5.91 Å². The summed E-state index contributed by atoms with van der Waals surface area (Å²) in [6.45, 7) is 1.37. The van der Waals surface area contributed by atoms with E-state index in [0.29, 0.717) is 23.5 Å². The van der Waals surface area contributed by atoms with E-state index in [-0.39, 0.29) is 22.9 Å². The fraction of sp³-hybridized carbons (Fsp3) is 0.292. The summed E-state index contributed by atoms with van der Waals surface area (Å²) in [5.41, 5.74) is 1.69. The van der Waals surface area contributed by atoms with E-state index in [2.05, 4.69) is 10.4 Å². The van der Waals surface area contributed by atoms with Crippen LogP contribution in [0.5, 0.6) is 5.75 Å². The van der Waals surface area contributed by atoms with Crippen molar-refractivity contribution in [2.24, 2.45) is 0 Å². The topological polar surface area (TPSA) is 76.5 Å². The average molecular weight is 469 g/mol. The Balaban J connectivity index is 1.43. The summed E-state index contributed by atoms with van der Waals surface area (Å²) in [4.78, 5) is 26.9. The lowest BCUT2D eigenvalue weighted by Crippen LogP contribution is -2.29. The summed E-state index contributed by atoms with van der Waals surface area (Å²) < 4.78 is 21.2. The Morgan fingerprint density at radius 1 is 1.24 bits per heavy atom. The lowest BCUT2D eigenvalue weighted by atomic mass is 10.1. The zero-order valence-electron chi connectivity index (χ0n) is 18.2. The number of carbonyl (C=O) groups excluding carboxylic acids is 2. The first-order valence-electron chi connectivity index (χ1n) is 10.7. The van der Waals surface area contributed by atoms with Gasteiger partial charge in [0.2, 0.25) is 5.91 Å². The number of aromatic nitrogens is 2. The standard InChI is InChI=1S/C24H25FN4O3S/c1-32-21-9-8-19(25)15-20(21)29-22(30)16-33-24(29)18-7-4-6-17(14-18)23(31)26-10-2-3-12-28-13-5-11-27-28/h4-9,11,13-15,24H,2-3,10,12,16H2,1H3,(H,26,31). The first-order valence-corrected chi connectivity index (χ1v) is 11.7. The van der Waals surface area contributed by atoms with Crippen molar-refractivity contribution in [2.75, 3.05) is 24.3 Å². The van der Waals surface area contributed by atoms with Crippen molar-refractivity contribution in [3.8, 4) is 5.75 Å². The summed E-state index contributed by atoms with van der Waals surface area (Å²) in [5, 5.41) is 6.73. The minimum atomic E-state index is -0.449. The lowest BCUT2D eigenvalue weighted by molar-refractivity contribution is -0.115. The quantitative estimate of drug-likeness (QED) is 0.480. The number of thioether (sulfide) groups is 1. The molecule has 0 radical (unpaired) electrons. The molecule has 1 atom stereocenters. The fourth-order valence-corrected chi connectivity index (χ4v) is 4.91. The molecule has 1 saturated heterocycles. The molecule has 2 amide bonds. The smallest absolute Gasteiger partial charge is 0.251 e. The third kappa shape index (κ3) is 5.36. The number of halogens is 1. The average Bonchev–Trinajstić information content (AvgIpc) is 3.48. The number of amides is 2. The van der Waals surface area contributed by atoms with Gasteiger partial charge in [-0.05, 0) is 48.7 Å². The number of hydrogen-bond acceptors (Lipinski definition) is 5. The van der Waals surface area contributed by atoms with E-state index in [1.807, 2.05) is 23.0 Å². The molecule has 4 rings (SSSR count). The van der Waals surface area contributed by atoms with Crippen molar-refractivity contribution < 1.29 is 18.7 Å². The minimum absolute atomic E-state index is 0.138. The van der Waals surface area contributed by atoms with E-state index in [9.17, 15) is 14.0 Å². The zero-order chi connectivity index (χ0) is 23.2. The van der Waals surface area contributed by atoms with Crippen LogP contribution in [-0.4, -0.2) is 41.0 Å². The van der Waals surface area contributed by atoms with Crippen LogP contribution in [0.25, 0.3) is 0 Å². The highest BCUT2D eigenvalue weighted by atomic mass is 32.2. The molecule has 2 heterocycles. The summed E-state index contributed by atoms with van der Waals surface area (Å²) in [6.07, 6.45) is 5.41. The lowest BCUT2D eigenvalue weighted by Gasteiger charge is -2.26.